The van der Waals surface area contributed by atoms with E-state index in [4.69, 9.17) is 4.74 Å². The zero-order chi connectivity index (χ0) is 18.2. The number of sulfonamides is 1. The highest BCUT2D eigenvalue weighted by Gasteiger charge is 2.48. The van der Waals surface area contributed by atoms with Crippen LogP contribution in [0.5, 0.6) is 0 Å². The van der Waals surface area contributed by atoms with Crippen LogP contribution in [0.3, 0.4) is 0 Å². The Labute approximate surface area is 154 Å². The van der Waals surface area contributed by atoms with Crippen LogP contribution in [0.15, 0.2) is 41.7 Å². The zero-order valence-corrected chi connectivity index (χ0v) is 15.7. The second-order valence-corrected chi connectivity index (χ2v) is 9.09. The quantitative estimate of drug-likeness (QED) is 0.822. The van der Waals surface area contributed by atoms with Crippen molar-refractivity contribution >= 4 is 10.0 Å². The first-order chi connectivity index (χ1) is 12.5. The topological polar surface area (TPSA) is 72.4 Å². The number of aryl methyl sites for hydroxylation is 1. The SMILES string of the molecule is CCCc1ccc(S(=O)(=O)N2CC[C@@]3(COCc4cncnc43)C2)cc1. The van der Waals surface area contributed by atoms with Gasteiger partial charge in [-0.1, -0.05) is 25.5 Å². The highest BCUT2D eigenvalue weighted by atomic mass is 32.2. The monoisotopic (exact) mass is 373 g/mol. The van der Waals surface area contributed by atoms with Crippen molar-refractivity contribution in [3.05, 3.63) is 53.6 Å². The van der Waals surface area contributed by atoms with Gasteiger partial charge < -0.3 is 4.74 Å². The first kappa shape index (κ1) is 17.6. The van der Waals surface area contributed by atoms with Gasteiger partial charge in [0.15, 0.2) is 0 Å². The molecule has 3 heterocycles. The van der Waals surface area contributed by atoms with E-state index in [1.807, 2.05) is 12.1 Å². The fourth-order valence-electron chi connectivity index (χ4n) is 3.98. The Hall–Kier alpha value is -1.83. The second-order valence-electron chi connectivity index (χ2n) is 7.15. The summed E-state index contributed by atoms with van der Waals surface area (Å²) >= 11 is 0. The molecule has 1 atom stereocenters. The maximum Gasteiger partial charge on any atom is 0.243 e. The normalized spacial score (nSPS) is 23.3. The Balaban J connectivity index is 1.61. The van der Waals surface area contributed by atoms with Crippen molar-refractivity contribution in [2.45, 2.75) is 43.1 Å². The van der Waals surface area contributed by atoms with Crippen molar-refractivity contribution in [3.63, 3.8) is 0 Å². The molecule has 0 amide bonds. The summed E-state index contributed by atoms with van der Waals surface area (Å²) in [5, 5.41) is 0. The molecule has 1 spiro atoms. The summed E-state index contributed by atoms with van der Waals surface area (Å²) in [5.41, 5.74) is 2.69. The van der Waals surface area contributed by atoms with Crippen molar-refractivity contribution in [1.29, 1.82) is 0 Å². The highest BCUT2D eigenvalue weighted by molar-refractivity contribution is 7.89. The number of rotatable bonds is 4. The van der Waals surface area contributed by atoms with Crippen molar-refractivity contribution in [2.75, 3.05) is 19.7 Å². The number of nitrogens with zero attached hydrogens (tertiary/aromatic N) is 3. The molecular weight excluding hydrogens is 350 g/mol. The summed E-state index contributed by atoms with van der Waals surface area (Å²) < 4.78 is 33.5. The molecule has 0 unspecified atom stereocenters. The third-order valence-electron chi connectivity index (χ3n) is 5.34. The molecule has 2 aromatic rings. The number of aromatic nitrogens is 2. The molecule has 0 saturated carbocycles. The largest absolute Gasteiger partial charge is 0.376 e. The van der Waals surface area contributed by atoms with Crippen molar-refractivity contribution in [3.8, 4) is 0 Å². The molecule has 0 aliphatic carbocycles. The fraction of sp³-hybridized carbons (Fsp3) is 0.474. The van der Waals surface area contributed by atoms with Gasteiger partial charge in [-0.05, 0) is 30.5 Å². The van der Waals surface area contributed by atoms with Crippen LogP contribution in [0.25, 0.3) is 0 Å². The third kappa shape index (κ3) is 2.94. The Bertz CT molecular complexity index is 899. The summed E-state index contributed by atoms with van der Waals surface area (Å²) in [6, 6.07) is 7.26. The maximum absolute atomic E-state index is 13.1. The molecule has 1 aromatic heterocycles. The van der Waals surface area contributed by atoms with E-state index in [9.17, 15) is 8.42 Å². The molecule has 26 heavy (non-hydrogen) atoms. The summed E-state index contributed by atoms with van der Waals surface area (Å²) in [5.74, 6) is 0. The molecule has 0 bridgehead atoms. The number of fused-ring (bicyclic) bond motifs is 2. The molecule has 1 saturated heterocycles. The third-order valence-corrected chi connectivity index (χ3v) is 7.20. The lowest BCUT2D eigenvalue weighted by atomic mass is 9.81. The predicted octanol–water partition coefficient (Wildman–Crippen LogP) is 2.29. The minimum absolute atomic E-state index is 0.356. The van der Waals surface area contributed by atoms with Gasteiger partial charge in [0.2, 0.25) is 10.0 Å². The van der Waals surface area contributed by atoms with Crippen LogP contribution in [0.2, 0.25) is 0 Å². The fourth-order valence-corrected chi connectivity index (χ4v) is 5.51. The molecule has 6 nitrogen and oxygen atoms in total. The van der Waals surface area contributed by atoms with Crippen LogP contribution in [0.1, 0.15) is 36.6 Å². The number of hydrogen-bond acceptors (Lipinski definition) is 5. The van der Waals surface area contributed by atoms with Gasteiger partial charge in [-0.15, -0.1) is 0 Å². The number of ether oxygens (including phenoxy) is 1. The van der Waals surface area contributed by atoms with Crippen LogP contribution in [-0.4, -0.2) is 42.4 Å². The molecular formula is C19H23N3O3S. The summed E-state index contributed by atoms with van der Waals surface area (Å²) in [4.78, 5) is 8.89. The molecule has 138 valence electrons. The number of benzene rings is 1. The highest BCUT2D eigenvalue weighted by Crippen LogP contribution is 2.40. The van der Waals surface area contributed by atoms with Crippen LogP contribution < -0.4 is 0 Å². The zero-order valence-electron chi connectivity index (χ0n) is 14.9. The molecule has 7 heteroatoms. The van der Waals surface area contributed by atoms with Crippen LogP contribution in [-0.2, 0) is 33.2 Å². The van der Waals surface area contributed by atoms with E-state index in [0.29, 0.717) is 37.6 Å². The van der Waals surface area contributed by atoms with Gasteiger partial charge in [0.25, 0.3) is 0 Å². The van der Waals surface area contributed by atoms with E-state index in [0.717, 1.165) is 29.7 Å². The molecule has 4 rings (SSSR count). The lowest BCUT2D eigenvalue weighted by Gasteiger charge is -2.33. The lowest BCUT2D eigenvalue weighted by Crippen LogP contribution is -2.41. The van der Waals surface area contributed by atoms with Crippen LogP contribution in [0.4, 0.5) is 0 Å². The first-order valence-electron chi connectivity index (χ1n) is 9.01. The molecule has 1 fully saturated rings. The van der Waals surface area contributed by atoms with Crippen LogP contribution in [0, 0.1) is 0 Å². The van der Waals surface area contributed by atoms with Gasteiger partial charge in [0.1, 0.15) is 6.33 Å². The Kier molecular flexibility index (Phi) is 4.54. The van der Waals surface area contributed by atoms with Gasteiger partial charge in [-0.25, -0.2) is 18.4 Å². The van der Waals surface area contributed by atoms with E-state index in [2.05, 4.69) is 16.9 Å². The van der Waals surface area contributed by atoms with E-state index < -0.39 is 10.0 Å². The maximum atomic E-state index is 13.1. The lowest BCUT2D eigenvalue weighted by molar-refractivity contribution is 0.0530. The van der Waals surface area contributed by atoms with Gasteiger partial charge in [-0.3, -0.25) is 0 Å². The van der Waals surface area contributed by atoms with Crippen molar-refractivity contribution < 1.29 is 13.2 Å². The molecule has 0 radical (unpaired) electrons. The average Bonchev–Trinajstić information content (AvgIpc) is 3.09. The predicted molar refractivity (Wildman–Crippen MR) is 97.2 cm³/mol. The minimum Gasteiger partial charge on any atom is -0.376 e. The van der Waals surface area contributed by atoms with Gasteiger partial charge in [0.05, 0.1) is 29.2 Å². The molecule has 2 aliphatic heterocycles. The minimum atomic E-state index is -3.51. The molecule has 0 N–H and O–H groups in total. The van der Waals surface area contributed by atoms with Crippen molar-refractivity contribution in [2.24, 2.45) is 0 Å². The van der Waals surface area contributed by atoms with Gasteiger partial charge >= 0.3 is 0 Å². The Morgan fingerprint density at radius 3 is 2.85 bits per heavy atom. The van der Waals surface area contributed by atoms with E-state index in [1.54, 1.807) is 22.6 Å². The molecule has 2 aliphatic rings. The first-order valence-corrected chi connectivity index (χ1v) is 10.5. The average molecular weight is 373 g/mol. The number of hydrogen-bond donors (Lipinski definition) is 0. The summed E-state index contributed by atoms with van der Waals surface area (Å²) in [6.07, 6.45) is 6.02. The van der Waals surface area contributed by atoms with Gasteiger partial charge in [-0.2, -0.15) is 4.31 Å². The second kappa shape index (κ2) is 6.72. The van der Waals surface area contributed by atoms with Crippen molar-refractivity contribution in [1.82, 2.24) is 14.3 Å². The van der Waals surface area contributed by atoms with Gasteiger partial charge in [0, 0.05) is 24.8 Å². The van der Waals surface area contributed by atoms with E-state index in [-0.39, 0.29) is 5.41 Å². The summed E-state index contributed by atoms with van der Waals surface area (Å²) in [6.45, 7) is 3.98. The summed E-state index contributed by atoms with van der Waals surface area (Å²) in [7, 11) is -3.51. The smallest absolute Gasteiger partial charge is 0.243 e. The van der Waals surface area contributed by atoms with E-state index in [1.165, 1.54) is 6.33 Å². The van der Waals surface area contributed by atoms with Crippen LogP contribution >= 0.6 is 0 Å². The Morgan fingerprint density at radius 2 is 2.08 bits per heavy atom. The van der Waals surface area contributed by atoms with E-state index >= 15 is 0 Å². The standard InChI is InChI=1S/C19H23N3O3S/c1-2-3-15-4-6-17(7-5-15)26(23,24)22-9-8-19(12-22)13-25-11-16-10-20-14-21-18(16)19/h4-7,10,14H,2-3,8-9,11-13H2,1H3/t19-/m0/s1. The molecule has 1 aromatic carbocycles. The Morgan fingerprint density at radius 1 is 1.27 bits per heavy atom.